The van der Waals surface area contributed by atoms with Crippen molar-refractivity contribution in [3.63, 3.8) is 0 Å². The van der Waals surface area contributed by atoms with E-state index < -0.39 is 0 Å². The molecular weight excluding hydrogens is 298 g/mol. The van der Waals surface area contributed by atoms with Crippen LogP contribution in [-0.4, -0.2) is 44.0 Å². The fourth-order valence-corrected chi connectivity index (χ4v) is 2.95. The molecule has 3 rings (SSSR count). The summed E-state index contributed by atoms with van der Waals surface area (Å²) in [7, 11) is 2.16. The van der Waals surface area contributed by atoms with E-state index in [0.717, 1.165) is 38.3 Å². The quantitative estimate of drug-likeness (QED) is 0.919. The molecule has 4 heteroatoms. The second-order valence-corrected chi connectivity index (χ2v) is 6.37. The number of hydrogen-bond donors (Lipinski definition) is 1. The molecule has 0 atom stereocenters. The summed E-state index contributed by atoms with van der Waals surface area (Å²) >= 11 is 0. The van der Waals surface area contributed by atoms with Crippen molar-refractivity contribution in [3.05, 3.63) is 60.2 Å². The molecule has 0 aliphatic carbocycles. The van der Waals surface area contributed by atoms with E-state index in [1.165, 1.54) is 11.3 Å². The summed E-state index contributed by atoms with van der Waals surface area (Å²) in [5.74, 6) is 0.0613. The lowest BCUT2D eigenvalue weighted by Crippen LogP contribution is -2.44. The van der Waals surface area contributed by atoms with Gasteiger partial charge < -0.3 is 15.1 Å². The van der Waals surface area contributed by atoms with E-state index in [9.17, 15) is 4.79 Å². The van der Waals surface area contributed by atoms with Gasteiger partial charge in [0.1, 0.15) is 0 Å². The predicted octanol–water partition coefficient (Wildman–Crippen LogP) is 3.01. The van der Waals surface area contributed by atoms with E-state index in [1.807, 2.05) is 30.3 Å². The highest BCUT2D eigenvalue weighted by atomic mass is 16.1. The minimum atomic E-state index is 0.0613. The van der Waals surface area contributed by atoms with Crippen LogP contribution in [0.1, 0.15) is 12.0 Å². The highest BCUT2D eigenvalue weighted by Crippen LogP contribution is 2.19. The van der Waals surface area contributed by atoms with E-state index in [0.29, 0.717) is 6.42 Å². The van der Waals surface area contributed by atoms with Gasteiger partial charge in [-0.2, -0.15) is 0 Å². The van der Waals surface area contributed by atoms with E-state index in [-0.39, 0.29) is 5.91 Å². The van der Waals surface area contributed by atoms with Gasteiger partial charge in [-0.15, -0.1) is 0 Å². The van der Waals surface area contributed by atoms with Crippen LogP contribution in [0.2, 0.25) is 0 Å². The molecule has 0 bridgehead atoms. The Morgan fingerprint density at radius 1 is 0.958 bits per heavy atom. The predicted molar refractivity (Wildman–Crippen MR) is 99.5 cm³/mol. The normalized spacial score (nSPS) is 15.3. The average molecular weight is 323 g/mol. The van der Waals surface area contributed by atoms with Crippen LogP contribution in [0.5, 0.6) is 0 Å². The van der Waals surface area contributed by atoms with Gasteiger partial charge >= 0.3 is 0 Å². The SMILES string of the molecule is CN1CCN(c2ccc(NC(=O)CCc3ccccc3)cc2)CC1. The van der Waals surface area contributed by atoms with Crippen LogP contribution in [0.25, 0.3) is 0 Å². The first-order valence-corrected chi connectivity index (χ1v) is 8.58. The zero-order valence-corrected chi connectivity index (χ0v) is 14.2. The Morgan fingerprint density at radius 2 is 1.62 bits per heavy atom. The molecule has 1 aliphatic heterocycles. The Labute approximate surface area is 144 Å². The summed E-state index contributed by atoms with van der Waals surface area (Å²) in [6.07, 6.45) is 1.27. The number of rotatable bonds is 5. The van der Waals surface area contributed by atoms with E-state index >= 15 is 0 Å². The fourth-order valence-electron chi connectivity index (χ4n) is 2.95. The Morgan fingerprint density at radius 3 is 2.29 bits per heavy atom. The lowest BCUT2D eigenvalue weighted by atomic mass is 10.1. The zero-order valence-electron chi connectivity index (χ0n) is 14.2. The topological polar surface area (TPSA) is 35.6 Å². The van der Waals surface area contributed by atoms with Gasteiger partial charge in [-0.25, -0.2) is 0 Å². The second kappa shape index (κ2) is 7.97. The molecule has 2 aromatic carbocycles. The fraction of sp³-hybridized carbons (Fsp3) is 0.350. The van der Waals surface area contributed by atoms with Gasteiger partial charge in [0.15, 0.2) is 0 Å². The van der Waals surface area contributed by atoms with Crippen molar-refractivity contribution in [2.24, 2.45) is 0 Å². The zero-order chi connectivity index (χ0) is 16.8. The first-order chi connectivity index (χ1) is 11.7. The van der Waals surface area contributed by atoms with Crippen molar-refractivity contribution in [1.82, 2.24) is 4.90 Å². The van der Waals surface area contributed by atoms with Crippen LogP contribution in [0, 0.1) is 0 Å². The first-order valence-electron chi connectivity index (χ1n) is 8.58. The van der Waals surface area contributed by atoms with Gasteiger partial charge in [0.05, 0.1) is 0 Å². The van der Waals surface area contributed by atoms with E-state index in [1.54, 1.807) is 0 Å². The van der Waals surface area contributed by atoms with Crippen molar-refractivity contribution in [1.29, 1.82) is 0 Å². The molecule has 2 aromatic rings. The number of likely N-dealkylation sites (N-methyl/N-ethyl adjacent to an activating group) is 1. The molecule has 1 aliphatic rings. The number of nitrogens with zero attached hydrogens (tertiary/aromatic N) is 2. The molecule has 0 spiro atoms. The molecule has 1 N–H and O–H groups in total. The largest absolute Gasteiger partial charge is 0.369 e. The molecule has 1 fully saturated rings. The third-order valence-electron chi connectivity index (χ3n) is 4.50. The van der Waals surface area contributed by atoms with Gasteiger partial charge in [0.2, 0.25) is 5.91 Å². The van der Waals surface area contributed by atoms with Crippen molar-refractivity contribution >= 4 is 17.3 Å². The van der Waals surface area contributed by atoms with E-state index in [4.69, 9.17) is 0 Å². The maximum atomic E-state index is 12.1. The Bertz CT molecular complexity index is 646. The van der Waals surface area contributed by atoms with Crippen LogP contribution in [0.3, 0.4) is 0 Å². The van der Waals surface area contributed by atoms with E-state index in [2.05, 4.69) is 46.4 Å². The number of benzene rings is 2. The Kier molecular flexibility index (Phi) is 5.49. The minimum Gasteiger partial charge on any atom is -0.369 e. The maximum absolute atomic E-state index is 12.1. The molecule has 1 heterocycles. The summed E-state index contributed by atoms with van der Waals surface area (Å²) < 4.78 is 0. The number of hydrogen-bond acceptors (Lipinski definition) is 3. The number of carbonyl (C=O) groups is 1. The number of piperazine rings is 1. The molecule has 0 saturated carbocycles. The molecule has 1 amide bonds. The van der Waals surface area contributed by atoms with Crippen molar-refractivity contribution in [3.8, 4) is 0 Å². The van der Waals surface area contributed by atoms with Gasteiger partial charge in [-0.1, -0.05) is 30.3 Å². The molecule has 126 valence electrons. The molecule has 4 nitrogen and oxygen atoms in total. The standard InChI is InChI=1S/C20H25N3O/c1-22-13-15-23(16-14-22)19-10-8-18(9-11-19)21-20(24)12-7-17-5-3-2-4-6-17/h2-6,8-11H,7,12-16H2,1H3,(H,21,24). The molecule has 0 unspecified atom stereocenters. The molecule has 1 saturated heterocycles. The van der Waals surface area contributed by atoms with Gasteiger partial charge in [0, 0.05) is 44.0 Å². The highest BCUT2D eigenvalue weighted by molar-refractivity contribution is 5.91. The third-order valence-corrected chi connectivity index (χ3v) is 4.50. The number of aryl methyl sites for hydroxylation is 1. The van der Waals surface area contributed by atoms with Gasteiger partial charge in [0.25, 0.3) is 0 Å². The van der Waals surface area contributed by atoms with Crippen molar-refractivity contribution < 1.29 is 4.79 Å². The lowest BCUT2D eigenvalue weighted by molar-refractivity contribution is -0.116. The van der Waals surface area contributed by atoms with Crippen LogP contribution in [0.15, 0.2) is 54.6 Å². The van der Waals surface area contributed by atoms with Crippen LogP contribution >= 0.6 is 0 Å². The lowest BCUT2D eigenvalue weighted by Gasteiger charge is -2.34. The number of anilines is 2. The molecule has 24 heavy (non-hydrogen) atoms. The summed E-state index contributed by atoms with van der Waals surface area (Å²) in [5.41, 5.74) is 3.29. The number of nitrogens with one attached hydrogen (secondary N) is 1. The average Bonchev–Trinajstić information content (AvgIpc) is 2.62. The minimum absolute atomic E-state index is 0.0613. The first kappa shape index (κ1) is 16.5. The highest BCUT2D eigenvalue weighted by Gasteiger charge is 2.14. The van der Waals surface area contributed by atoms with Gasteiger partial charge in [-0.05, 0) is 43.3 Å². The third kappa shape index (κ3) is 4.59. The number of carbonyl (C=O) groups excluding carboxylic acids is 1. The second-order valence-electron chi connectivity index (χ2n) is 6.37. The molecule has 0 aromatic heterocycles. The van der Waals surface area contributed by atoms with Crippen molar-refractivity contribution in [2.75, 3.05) is 43.4 Å². The Hall–Kier alpha value is -2.33. The Balaban J connectivity index is 1.49. The van der Waals surface area contributed by atoms with Gasteiger partial charge in [-0.3, -0.25) is 4.79 Å². The smallest absolute Gasteiger partial charge is 0.224 e. The summed E-state index contributed by atoms with van der Waals surface area (Å²) in [5, 5.41) is 2.98. The summed E-state index contributed by atoms with van der Waals surface area (Å²) in [6.45, 7) is 4.30. The monoisotopic (exact) mass is 323 g/mol. The van der Waals surface area contributed by atoms with Crippen LogP contribution in [0.4, 0.5) is 11.4 Å². The molecular formula is C20H25N3O. The molecule has 0 radical (unpaired) electrons. The summed E-state index contributed by atoms with van der Waals surface area (Å²) in [4.78, 5) is 16.8. The van der Waals surface area contributed by atoms with Crippen LogP contribution in [-0.2, 0) is 11.2 Å². The van der Waals surface area contributed by atoms with Crippen LogP contribution < -0.4 is 10.2 Å². The van der Waals surface area contributed by atoms with Crippen molar-refractivity contribution in [2.45, 2.75) is 12.8 Å². The summed E-state index contributed by atoms with van der Waals surface area (Å²) in [6, 6.07) is 18.3. The number of amides is 1. The maximum Gasteiger partial charge on any atom is 0.224 e.